The second-order valence-electron chi connectivity index (χ2n) is 8.34. The van der Waals surface area contributed by atoms with E-state index in [1.54, 1.807) is 6.92 Å². The van der Waals surface area contributed by atoms with Crippen molar-refractivity contribution in [2.75, 3.05) is 5.32 Å². The largest absolute Gasteiger partial charge is 0.324 e. The Morgan fingerprint density at radius 1 is 1.22 bits per heavy atom. The summed E-state index contributed by atoms with van der Waals surface area (Å²) in [6.45, 7) is 1.40. The van der Waals surface area contributed by atoms with Crippen LogP contribution < -0.4 is 10.6 Å². The summed E-state index contributed by atoms with van der Waals surface area (Å²) in [5, 5.41) is 12.6. The molecule has 0 spiro atoms. The molecule has 0 saturated carbocycles. The highest BCUT2D eigenvalue weighted by molar-refractivity contribution is 6.26. The highest BCUT2D eigenvalue weighted by Gasteiger charge is 2.45. The number of amides is 5. The number of rotatable bonds is 5. The number of nitrogens with one attached hydrogen (secondary N) is 2. The number of piperidine rings is 1. The lowest BCUT2D eigenvalue weighted by Gasteiger charge is -2.27. The molecule has 3 aromatic rings. The summed E-state index contributed by atoms with van der Waals surface area (Å²) >= 11 is 0. The van der Waals surface area contributed by atoms with Crippen LogP contribution in [0.5, 0.6) is 0 Å². The number of carbonyl (C=O) groups is 5. The molecule has 5 amide bonds. The van der Waals surface area contributed by atoms with Crippen molar-refractivity contribution in [2.24, 2.45) is 0 Å². The first-order valence-electron chi connectivity index (χ1n) is 10.9. The van der Waals surface area contributed by atoms with Crippen LogP contribution in [0.25, 0.3) is 11.4 Å². The zero-order chi connectivity index (χ0) is 25.6. The molecule has 2 aromatic heterocycles. The van der Waals surface area contributed by atoms with Crippen LogP contribution in [0.15, 0.2) is 36.7 Å². The van der Waals surface area contributed by atoms with Crippen molar-refractivity contribution >= 4 is 35.2 Å². The number of nitrogens with zero attached hydrogens (tertiary/aromatic N) is 5. The number of aromatic nitrogens is 4. The fraction of sp³-hybridized carbons (Fsp3) is 0.217. The van der Waals surface area contributed by atoms with Crippen LogP contribution in [0.1, 0.15) is 39.1 Å². The minimum atomic E-state index is -1.12. The molecule has 1 atom stereocenters. The first-order valence-corrected chi connectivity index (χ1v) is 10.9. The van der Waals surface area contributed by atoms with Gasteiger partial charge >= 0.3 is 0 Å². The van der Waals surface area contributed by atoms with Crippen molar-refractivity contribution < 1.29 is 28.4 Å². The molecule has 2 aliphatic heterocycles. The molecule has 13 heteroatoms. The molecule has 1 fully saturated rings. The fourth-order valence-corrected chi connectivity index (χ4v) is 4.25. The van der Waals surface area contributed by atoms with Crippen LogP contribution in [0.4, 0.5) is 10.1 Å². The Balaban J connectivity index is 1.33. The van der Waals surface area contributed by atoms with Gasteiger partial charge in [0.25, 0.3) is 11.8 Å². The van der Waals surface area contributed by atoms with Crippen LogP contribution in [0.3, 0.4) is 0 Å². The number of hydrogen-bond donors (Lipinski definition) is 2. The number of benzene rings is 1. The first kappa shape index (κ1) is 23.0. The van der Waals surface area contributed by atoms with E-state index >= 15 is 0 Å². The van der Waals surface area contributed by atoms with E-state index in [9.17, 15) is 28.4 Å². The molecule has 1 aromatic carbocycles. The third-order valence-electron chi connectivity index (χ3n) is 5.87. The van der Waals surface area contributed by atoms with Crippen molar-refractivity contribution in [3.05, 3.63) is 59.2 Å². The Hall–Kier alpha value is -4.81. The number of hydrogen-bond acceptors (Lipinski definition) is 8. The van der Waals surface area contributed by atoms with E-state index in [0.717, 1.165) is 11.1 Å². The Bertz CT molecular complexity index is 1470. The molecule has 36 heavy (non-hydrogen) atoms. The van der Waals surface area contributed by atoms with Crippen LogP contribution in [-0.4, -0.2) is 60.5 Å². The molecule has 2 N–H and O–H groups in total. The number of fused-ring (bicyclic) bond motifs is 1. The van der Waals surface area contributed by atoms with Crippen LogP contribution in [0, 0.1) is 12.7 Å². The van der Waals surface area contributed by atoms with Gasteiger partial charge in [-0.15, -0.1) is 5.10 Å². The third-order valence-corrected chi connectivity index (χ3v) is 5.87. The van der Waals surface area contributed by atoms with Gasteiger partial charge in [-0.05, 0) is 37.1 Å². The van der Waals surface area contributed by atoms with Crippen molar-refractivity contribution in [3.8, 4) is 11.4 Å². The molecular weight excluding hydrogens is 473 g/mol. The SMILES string of the molecule is Cc1cc(F)cnc1-c1cn(CC(=O)Nc2cccc3c2C(=O)N(C2CCC(=O)NC2=O)C3=O)nn1. The van der Waals surface area contributed by atoms with Gasteiger partial charge in [0.1, 0.15) is 24.1 Å². The van der Waals surface area contributed by atoms with E-state index in [1.807, 2.05) is 0 Å². The number of pyridine rings is 1. The topological polar surface area (TPSA) is 156 Å². The molecule has 0 bridgehead atoms. The Labute approximate surface area is 202 Å². The number of aryl methyl sites for hydroxylation is 1. The third kappa shape index (κ3) is 4.00. The molecule has 0 radical (unpaired) electrons. The van der Waals surface area contributed by atoms with Gasteiger partial charge < -0.3 is 5.32 Å². The van der Waals surface area contributed by atoms with Crippen LogP contribution in [0.2, 0.25) is 0 Å². The number of halogens is 1. The lowest BCUT2D eigenvalue weighted by molar-refractivity contribution is -0.136. The molecule has 1 saturated heterocycles. The zero-order valence-electron chi connectivity index (χ0n) is 18.8. The predicted molar refractivity (Wildman–Crippen MR) is 120 cm³/mol. The van der Waals surface area contributed by atoms with E-state index in [1.165, 1.54) is 35.1 Å². The minimum absolute atomic E-state index is 0.000263. The van der Waals surface area contributed by atoms with E-state index < -0.39 is 41.4 Å². The number of anilines is 1. The second-order valence-corrected chi connectivity index (χ2v) is 8.34. The van der Waals surface area contributed by atoms with Gasteiger partial charge in [-0.25, -0.2) is 9.07 Å². The maximum Gasteiger partial charge on any atom is 0.264 e. The standard InChI is InChI=1S/C23H18FN7O5/c1-11-7-12(24)8-25-20(11)15-9-30(29-28-15)10-18(33)26-14-4-2-3-13-19(14)23(36)31(22(13)35)16-5-6-17(32)27-21(16)34/h2-4,7-9,16H,5-6,10H2,1H3,(H,26,33)(H,27,32,34). The molecule has 4 heterocycles. The molecule has 1 unspecified atom stereocenters. The quantitative estimate of drug-likeness (QED) is 0.497. The normalized spacial score (nSPS) is 17.3. The van der Waals surface area contributed by atoms with Gasteiger partial charge in [-0.2, -0.15) is 0 Å². The molecule has 12 nitrogen and oxygen atoms in total. The van der Waals surface area contributed by atoms with Gasteiger partial charge in [0, 0.05) is 6.42 Å². The Morgan fingerprint density at radius 3 is 2.78 bits per heavy atom. The second kappa shape index (κ2) is 8.76. The molecule has 0 aliphatic carbocycles. The lowest BCUT2D eigenvalue weighted by Crippen LogP contribution is -2.54. The number of imide groups is 2. The highest BCUT2D eigenvalue weighted by Crippen LogP contribution is 2.32. The summed E-state index contributed by atoms with van der Waals surface area (Å²) in [6.07, 6.45) is 2.55. The van der Waals surface area contributed by atoms with Crippen molar-refractivity contribution in [1.82, 2.24) is 30.2 Å². The monoisotopic (exact) mass is 491 g/mol. The fourth-order valence-electron chi connectivity index (χ4n) is 4.25. The van der Waals surface area contributed by atoms with Crippen LogP contribution in [-0.2, 0) is 20.9 Å². The predicted octanol–water partition coefficient (Wildman–Crippen LogP) is 0.828. The first-order chi connectivity index (χ1) is 17.2. The van der Waals surface area contributed by atoms with E-state index in [4.69, 9.17) is 0 Å². The maximum atomic E-state index is 13.3. The van der Waals surface area contributed by atoms with E-state index in [0.29, 0.717) is 17.0 Å². The van der Waals surface area contributed by atoms with Crippen molar-refractivity contribution in [1.29, 1.82) is 0 Å². The smallest absolute Gasteiger partial charge is 0.264 e. The Kier molecular flexibility index (Phi) is 5.59. The lowest BCUT2D eigenvalue weighted by atomic mass is 10.0. The Morgan fingerprint density at radius 2 is 2.03 bits per heavy atom. The summed E-state index contributed by atoms with van der Waals surface area (Å²) in [4.78, 5) is 67.3. The molecule has 2 aliphatic rings. The summed E-state index contributed by atoms with van der Waals surface area (Å²) in [7, 11) is 0. The zero-order valence-corrected chi connectivity index (χ0v) is 18.8. The summed E-state index contributed by atoms with van der Waals surface area (Å²) in [5.41, 5.74) is 1.43. The molecule has 5 rings (SSSR count). The van der Waals surface area contributed by atoms with Gasteiger partial charge in [-0.3, -0.25) is 39.2 Å². The van der Waals surface area contributed by atoms with Gasteiger partial charge in [0.15, 0.2) is 0 Å². The van der Waals surface area contributed by atoms with Crippen molar-refractivity contribution in [3.63, 3.8) is 0 Å². The van der Waals surface area contributed by atoms with Gasteiger partial charge in [-0.1, -0.05) is 11.3 Å². The maximum absolute atomic E-state index is 13.3. The minimum Gasteiger partial charge on any atom is -0.324 e. The summed E-state index contributed by atoms with van der Waals surface area (Å²) in [6, 6.07) is 4.59. The average Bonchev–Trinajstić information content (AvgIpc) is 3.37. The molecular formula is C23H18FN7O5. The average molecular weight is 491 g/mol. The van der Waals surface area contributed by atoms with E-state index in [2.05, 4.69) is 25.9 Å². The summed E-state index contributed by atoms with van der Waals surface area (Å²) in [5.74, 6) is -3.64. The van der Waals surface area contributed by atoms with Crippen LogP contribution >= 0.6 is 0 Å². The molecule has 182 valence electrons. The van der Waals surface area contributed by atoms with Gasteiger partial charge in [0.2, 0.25) is 17.7 Å². The van der Waals surface area contributed by atoms with E-state index in [-0.39, 0.29) is 36.2 Å². The van der Waals surface area contributed by atoms with Gasteiger partial charge in [0.05, 0.1) is 34.9 Å². The number of carbonyl (C=O) groups excluding carboxylic acids is 5. The highest BCUT2D eigenvalue weighted by atomic mass is 19.1. The van der Waals surface area contributed by atoms with Crippen molar-refractivity contribution in [2.45, 2.75) is 32.4 Å². The summed E-state index contributed by atoms with van der Waals surface area (Å²) < 4.78 is 14.6.